The van der Waals surface area contributed by atoms with Gasteiger partial charge in [-0.1, -0.05) is 48.5 Å². The molecule has 1 aliphatic heterocycles. The van der Waals surface area contributed by atoms with Crippen molar-refractivity contribution in [1.82, 2.24) is 10.2 Å². The van der Waals surface area contributed by atoms with Crippen molar-refractivity contribution in [2.75, 3.05) is 26.3 Å². The second kappa shape index (κ2) is 7.86. The summed E-state index contributed by atoms with van der Waals surface area (Å²) in [5, 5.41) is 2.88. The first-order valence-corrected chi connectivity index (χ1v) is 8.02. The van der Waals surface area contributed by atoms with Crippen molar-refractivity contribution in [2.24, 2.45) is 0 Å². The number of hydrogen-bond acceptors (Lipinski definition) is 4. The van der Waals surface area contributed by atoms with Gasteiger partial charge in [0, 0.05) is 24.2 Å². The molecule has 0 unspecified atom stereocenters. The van der Waals surface area contributed by atoms with Crippen molar-refractivity contribution >= 4 is 11.7 Å². The Kier molecular flexibility index (Phi) is 5.36. The van der Waals surface area contributed by atoms with Crippen LogP contribution in [0, 0.1) is 0 Å². The predicted molar refractivity (Wildman–Crippen MR) is 90.9 cm³/mol. The zero-order valence-corrected chi connectivity index (χ0v) is 13.4. The summed E-state index contributed by atoms with van der Waals surface area (Å²) < 4.78 is 5.36. The SMILES string of the molecule is O=C(N[C@H](C(=O)c1ccccc1)N1CCOCC1)c1ccccc1. The van der Waals surface area contributed by atoms with E-state index in [0.717, 1.165) is 0 Å². The van der Waals surface area contributed by atoms with E-state index in [2.05, 4.69) is 5.32 Å². The average molecular weight is 324 g/mol. The van der Waals surface area contributed by atoms with Crippen LogP contribution in [-0.2, 0) is 4.74 Å². The van der Waals surface area contributed by atoms with Crippen LogP contribution in [-0.4, -0.2) is 49.1 Å². The molecule has 0 saturated carbocycles. The molecule has 1 saturated heterocycles. The number of rotatable bonds is 5. The van der Waals surface area contributed by atoms with Crippen molar-refractivity contribution in [1.29, 1.82) is 0 Å². The smallest absolute Gasteiger partial charge is 0.252 e. The molecule has 0 bridgehead atoms. The van der Waals surface area contributed by atoms with Crippen LogP contribution < -0.4 is 5.32 Å². The summed E-state index contributed by atoms with van der Waals surface area (Å²) in [5.41, 5.74) is 1.12. The fourth-order valence-corrected chi connectivity index (χ4v) is 2.72. The summed E-state index contributed by atoms with van der Waals surface area (Å²) in [5.74, 6) is -0.363. The van der Waals surface area contributed by atoms with Crippen molar-refractivity contribution in [3.63, 3.8) is 0 Å². The zero-order chi connectivity index (χ0) is 16.8. The summed E-state index contributed by atoms with van der Waals surface area (Å²) in [6.45, 7) is 2.33. The monoisotopic (exact) mass is 324 g/mol. The number of nitrogens with one attached hydrogen (secondary N) is 1. The summed E-state index contributed by atoms with van der Waals surface area (Å²) in [6.07, 6.45) is -0.691. The van der Waals surface area contributed by atoms with Gasteiger partial charge in [-0.05, 0) is 12.1 Å². The molecule has 0 aliphatic carbocycles. The first kappa shape index (κ1) is 16.4. The molecule has 3 rings (SSSR count). The number of benzene rings is 2. The second-order valence-corrected chi connectivity index (χ2v) is 5.62. The van der Waals surface area contributed by atoms with Crippen LogP contribution in [0.2, 0.25) is 0 Å². The van der Waals surface area contributed by atoms with E-state index in [0.29, 0.717) is 37.4 Å². The molecule has 124 valence electrons. The van der Waals surface area contributed by atoms with Crippen LogP contribution >= 0.6 is 0 Å². The van der Waals surface area contributed by atoms with Crippen molar-refractivity contribution in [3.05, 3.63) is 71.8 Å². The lowest BCUT2D eigenvalue weighted by molar-refractivity contribution is 0.0111. The maximum atomic E-state index is 12.9. The highest BCUT2D eigenvalue weighted by molar-refractivity contribution is 6.04. The fourth-order valence-electron chi connectivity index (χ4n) is 2.72. The van der Waals surface area contributed by atoms with Crippen LogP contribution in [0.3, 0.4) is 0 Å². The first-order valence-electron chi connectivity index (χ1n) is 8.02. The summed E-state index contributed by atoms with van der Waals surface area (Å²) in [4.78, 5) is 27.4. The van der Waals surface area contributed by atoms with Gasteiger partial charge in [0.1, 0.15) is 6.17 Å². The van der Waals surface area contributed by atoms with Gasteiger partial charge in [-0.2, -0.15) is 0 Å². The van der Waals surface area contributed by atoms with Gasteiger partial charge in [0.25, 0.3) is 5.91 Å². The number of Topliss-reactive ketones (excluding diaryl/α,β-unsaturated/α-hetero) is 1. The van der Waals surface area contributed by atoms with Crippen LogP contribution in [0.1, 0.15) is 20.7 Å². The number of hydrogen-bond donors (Lipinski definition) is 1. The topological polar surface area (TPSA) is 58.6 Å². The van der Waals surface area contributed by atoms with Gasteiger partial charge in [0.05, 0.1) is 13.2 Å². The number of carbonyl (C=O) groups is 2. The molecule has 1 fully saturated rings. The third kappa shape index (κ3) is 3.88. The Balaban J connectivity index is 1.82. The third-order valence-corrected chi connectivity index (χ3v) is 4.02. The average Bonchev–Trinajstić information content (AvgIpc) is 2.67. The van der Waals surface area contributed by atoms with E-state index >= 15 is 0 Å². The first-order chi connectivity index (χ1) is 11.8. The largest absolute Gasteiger partial charge is 0.379 e. The number of ether oxygens (including phenoxy) is 1. The molecule has 0 aromatic heterocycles. The van der Waals surface area contributed by atoms with Crippen LogP contribution in [0.25, 0.3) is 0 Å². The minimum absolute atomic E-state index is 0.109. The molecule has 0 spiro atoms. The van der Waals surface area contributed by atoms with E-state index in [1.807, 2.05) is 29.2 Å². The molecule has 2 aromatic rings. The van der Waals surface area contributed by atoms with Gasteiger partial charge >= 0.3 is 0 Å². The van der Waals surface area contributed by atoms with E-state index in [-0.39, 0.29) is 11.7 Å². The molecule has 1 atom stereocenters. The standard InChI is InChI=1S/C19H20N2O3/c22-17(15-7-3-1-4-8-15)18(21-11-13-24-14-12-21)20-19(23)16-9-5-2-6-10-16/h1-10,18H,11-14H2,(H,20,23)/t18-/m0/s1. The minimum Gasteiger partial charge on any atom is -0.379 e. The van der Waals surface area contributed by atoms with Crippen molar-refractivity contribution in [3.8, 4) is 0 Å². The summed E-state index contributed by atoms with van der Waals surface area (Å²) >= 11 is 0. The van der Waals surface area contributed by atoms with Gasteiger partial charge in [0.15, 0.2) is 5.78 Å². The van der Waals surface area contributed by atoms with E-state index < -0.39 is 6.17 Å². The van der Waals surface area contributed by atoms with Crippen molar-refractivity contribution < 1.29 is 14.3 Å². The Morgan fingerprint density at radius 2 is 1.42 bits per heavy atom. The Bertz CT molecular complexity index is 682. The lowest BCUT2D eigenvalue weighted by Gasteiger charge is -2.33. The molecule has 1 aliphatic rings. The lowest BCUT2D eigenvalue weighted by Crippen LogP contribution is -2.56. The Morgan fingerprint density at radius 1 is 0.875 bits per heavy atom. The quantitative estimate of drug-likeness (QED) is 0.854. The number of morpholine rings is 1. The van der Waals surface area contributed by atoms with E-state index in [4.69, 9.17) is 4.74 Å². The summed E-state index contributed by atoms with van der Waals surface area (Å²) in [7, 11) is 0. The minimum atomic E-state index is -0.691. The number of amides is 1. The Labute approximate surface area is 141 Å². The zero-order valence-electron chi connectivity index (χ0n) is 13.4. The molecule has 0 radical (unpaired) electrons. The number of ketones is 1. The number of nitrogens with zero attached hydrogens (tertiary/aromatic N) is 1. The Hall–Kier alpha value is -2.50. The molecule has 24 heavy (non-hydrogen) atoms. The van der Waals surface area contributed by atoms with Gasteiger partial charge in [-0.3, -0.25) is 14.5 Å². The van der Waals surface area contributed by atoms with Crippen LogP contribution in [0.5, 0.6) is 0 Å². The van der Waals surface area contributed by atoms with E-state index in [1.165, 1.54) is 0 Å². The van der Waals surface area contributed by atoms with Crippen LogP contribution in [0.15, 0.2) is 60.7 Å². The molecule has 5 heteroatoms. The van der Waals surface area contributed by atoms with Crippen LogP contribution in [0.4, 0.5) is 0 Å². The van der Waals surface area contributed by atoms with Gasteiger partial charge in [0.2, 0.25) is 0 Å². The van der Waals surface area contributed by atoms with E-state index in [1.54, 1.807) is 36.4 Å². The van der Waals surface area contributed by atoms with Gasteiger partial charge in [-0.25, -0.2) is 0 Å². The highest BCUT2D eigenvalue weighted by atomic mass is 16.5. The maximum absolute atomic E-state index is 12.9. The summed E-state index contributed by atoms with van der Waals surface area (Å²) in [6, 6.07) is 18.0. The fraction of sp³-hybridized carbons (Fsp3) is 0.263. The predicted octanol–water partition coefficient (Wildman–Crippen LogP) is 1.96. The van der Waals surface area contributed by atoms with Gasteiger partial charge in [-0.15, -0.1) is 0 Å². The highest BCUT2D eigenvalue weighted by Crippen LogP contribution is 2.11. The molecule has 5 nitrogen and oxygen atoms in total. The molecule has 1 N–H and O–H groups in total. The molecule has 1 heterocycles. The second-order valence-electron chi connectivity index (χ2n) is 5.62. The third-order valence-electron chi connectivity index (χ3n) is 4.02. The van der Waals surface area contributed by atoms with E-state index in [9.17, 15) is 9.59 Å². The highest BCUT2D eigenvalue weighted by Gasteiger charge is 2.29. The van der Waals surface area contributed by atoms with Gasteiger partial charge < -0.3 is 10.1 Å². The maximum Gasteiger partial charge on any atom is 0.252 e. The number of carbonyl (C=O) groups excluding carboxylic acids is 2. The Morgan fingerprint density at radius 3 is 2.00 bits per heavy atom. The normalized spacial score (nSPS) is 16.3. The molecule has 2 aromatic carbocycles. The molecular formula is C19H20N2O3. The molecule has 1 amide bonds. The lowest BCUT2D eigenvalue weighted by atomic mass is 10.1. The molecular weight excluding hydrogens is 304 g/mol. The van der Waals surface area contributed by atoms with Crippen molar-refractivity contribution in [2.45, 2.75) is 6.17 Å².